The molecule has 26 heavy (non-hydrogen) atoms. The summed E-state index contributed by atoms with van der Waals surface area (Å²) in [4.78, 5) is 24.0. The highest BCUT2D eigenvalue weighted by molar-refractivity contribution is 5.75. The van der Waals surface area contributed by atoms with Crippen LogP contribution in [0.25, 0.3) is 0 Å². The summed E-state index contributed by atoms with van der Waals surface area (Å²) in [6.45, 7) is 10.1. The summed E-state index contributed by atoms with van der Waals surface area (Å²) in [6, 6.07) is 0. The molecule has 4 fully saturated rings. The van der Waals surface area contributed by atoms with Gasteiger partial charge in [-0.2, -0.15) is 0 Å². The van der Waals surface area contributed by atoms with Crippen LogP contribution in [0, 0.1) is 34.0 Å². The number of aliphatic carboxylic acids is 1. The second kappa shape index (κ2) is 5.59. The summed E-state index contributed by atoms with van der Waals surface area (Å²) in [6.07, 6.45) is 7.86. The molecular formula is C22H32O4. The lowest BCUT2D eigenvalue weighted by atomic mass is 9.40. The lowest BCUT2D eigenvalue weighted by molar-refractivity contribution is -0.195. The summed E-state index contributed by atoms with van der Waals surface area (Å²) in [7, 11) is 0. The van der Waals surface area contributed by atoms with Crippen LogP contribution >= 0.6 is 0 Å². The second-order valence-electron chi connectivity index (χ2n) is 10.0. The molecule has 0 saturated heterocycles. The minimum Gasteiger partial charge on any atom is -0.481 e. The van der Waals surface area contributed by atoms with Gasteiger partial charge in [-0.1, -0.05) is 19.9 Å². The zero-order valence-electron chi connectivity index (χ0n) is 16.3. The summed E-state index contributed by atoms with van der Waals surface area (Å²) in [5.41, 5.74) is 0.477. The SMILES string of the molecule is C=C1[C@H]2CC[C@@H]3[C@]4(C)CCC[C@@](C)(C(=O)O)[C@H]4CC[C@]3(C2)[C@H]1OC(C)=O. The van der Waals surface area contributed by atoms with E-state index in [0.717, 1.165) is 56.9 Å². The molecule has 4 heteroatoms. The molecule has 4 rings (SSSR count). The normalized spacial score (nSPS) is 49.9. The van der Waals surface area contributed by atoms with Gasteiger partial charge in [0.1, 0.15) is 6.10 Å². The molecule has 144 valence electrons. The largest absolute Gasteiger partial charge is 0.481 e. The first-order valence-electron chi connectivity index (χ1n) is 10.2. The van der Waals surface area contributed by atoms with Gasteiger partial charge in [0.25, 0.3) is 0 Å². The third-order valence-electron chi connectivity index (χ3n) is 8.95. The van der Waals surface area contributed by atoms with Crippen molar-refractivity contribution in [2.45, 2.75) is 78.2 Å². The minimum absolute atomic E-state index is 0.0115. The lowest BCUT2D eigenvalue weighted by Gasteiger charge is -2.63. The van der Waals surface area contributed by atoms with Crippen LogP contribution < -0.4 is 0 Å². The van der Waals surface area contributed by atoms with Gasteiger partial charge in [0.2, 0.25) is 0 Å². The maximum atomic E-state index is 12.2. The van der Waals surface area contributed by atoms with Crippen LogP contribution in [0.15, 0.2) is 12.2 Å². The Balaban J connectivity index is 1.77. The summed E-state index contributed by atoms with van der Waals surface area (Å²) in [5.74, 6) is 0.242. The fourth-order valence-corrected chi connectivity index (χ4v) is 7.95. The summed E-state index contributed by atoms with van der Waals surface area (Å²) in [5, 5.41) is 10.0. The first kappa shape index (κ1) is 18.1. The van der Waals surface area contributed by atoms with Gasteiger partial charge in [-0.05, 0) is 80.6 Å². The molecule has 0 aromatic heterocycles. The van der Waals surface area contributed by atoms with Gasteiger partial charge in [-0.25, -0.2) is 0 Å². The molecule has 4 aliphatic rings. The Bertz CT molecular complexity index is 669. The Labute approximate surface area is 156 Å². The van der Waals surface area contributed by atoms with E-state index in [2.05, 4.69) is 13.5 Å². The van der Waals surface area contributed by atoms with Gasteiger partial charge in [0, 0.05) is 12.3 Å². The van der Waals surface area contributed by atoms with Crippen LogP contribution in [0.3, 0.4) is 0 Å². The maximum Gasteiger partial charge on any atom is 0.309 e. The molecule has 0 radical (unpaired) electrons. The average molecular weight is 360 g/mol. The van der Waals surface area contributed by atoms with Gasteiger partial charge in [0.15, 0.2) is 0 Å². The van der Waals surface area contributed by atoms with E-state index < -0.39 is 11.4 Å². The zero-order chi connectivity index (χ0) is 18.9. The first-order valence-corrected chi connectivity index (χ1v) is 10.2. The smallest absolute Gasteiger partial charge is 0.309 e. The number of carboxylic acids is 1. The van der Waals surface area contributed by atoms with E-state index in [-0.39, 0.29) is 28.8 Å². The molecule has 2 bridgehead atoms. The maximum absolute atomic E-state index is 12.2. The van der Waals surface area contributed by atoms with Crippen LogP contribution in [-0.2, 0) is 14.3 Å². The van der Waals surface area contributed by atoms with Gasteiger partial charge in [-0.3, -0.25) is 9.59 Å². The third-order valence-corrected chi connectivity index (χ3v) is 8.95. The van der Waals surface area contributed by atoms with Crippen LogP contribution in [0.1, 0.15) is 72.1 Å². The Morgan fingerprint density at radius 2 is 1.85 bits per heavy atom. The first-order chi connectivity index (χ1) is 12.1. The van der Waals surface area contributed by atoms with Crippen LogP contribution in [0.4, 0.5) is 0 Å². The van der Waals surface area contributed by atoms with Gasteiger partial charge < -0.3 is 9.84 Å². The van der Waals surface area contributed by atoms with Gasteiger partial charge in [-0.15, -0.1) is 0 Å². The fraction of sp³-hybridized carbons (Fsp3) is 0.818. The number of esters is 1. The zero-order valence-corrected chi connectivity index (χ0v) is 16.3. The van der Waals surface area contributed by atoms with Crippen molar-refractivity contribution in [3.8, 4) is 0 Å². The number of fused-ring (bicyclic) bond motifs is 3. The Morgan fingerprint density at radius 3 is 2.50 bits per heavy atom. The number of carbonyl (C=O) groups excluding carboxylic acids is 1. The number of rotatable bonds is 2. The molecule has 4 aliphatic carbocycles. The van der Waals surface area contributed by atoms with Crippen molar-refractivity contribution in [2.24, 2.45) is 34.0 Å². The highest BCUT2D eigenvalue weighted by Crippen LogP contribution is 2.72. The quantitative estimate of drug-likeness (QED) is 0.578. The molecule has 0 aromatic rings. The van der Waals surface area contributed by atoms with E-state index in [0.29, 0.717) is 11.8 Å². The average Bonchev–Trinajstić information content (AvgIpc) is 2.75. The fourth-order valence-electron chi connectivity index (χ4n) is 7.95. The third kappa shape index (κ3) is 2.13. The number of ether oxygens (including phenoxy) is 1. The molecule has 0 aliphatic heterocycles. The van der Waals surface area contributed by atoms with E-state index in [1.54, 1.807) is 0 Å². The Morgan fingerprint density at radius 1 is 1.12 bits per heavy atom. The predicted molar refractivity (Wildman–Crippen MR) is 98.4 cm³/mol. The molecule has 4 nitrogen and oxygen atoms in total. The molecule has 1 spiro atoms. The molecular weight excluding hydrogens is 328 g/mol. The molecule has 7 atom stereocenters. The standard InChI is InChI=1S/C22H32O4/c1-13-15-6-7-17-20(3)9-5-10-21(4,19(24)25)16(20)8-11-22(17,12-15)18(13)26-14(2)23/h15-18H,1,5-12H2,2-4H3,(H,24,25)/t15-,16-,17+,18-,20+,21+,22+/m0/s1. The predicted octanol–water partition coefficient (Wildman–Crippen LogP) is 4.58. The van der Waals surface area contributed by atoms with E-state index in [1.165, 1.54) is 6.92 Å². The Kier molecular flexibility index (Phi) is 3.88. The van der Waals surface area contributed by atoms with Gasteiger partial charge >= 0.3 is 11.9 Å². The van der Waals surface area contributed by atoms with Crippen LogP contribution in [0.5, 0.6) is 0 Å². The van der Waals surface area contributed by atoms with Crippen molar-refractivity contribution < 1.29 is 19.4 Å². The molecule has 0 heterocycles. The minimum atomic E-state index is -0.634. The molecule has 0 unspecified atom stereocenters. The molecule has 0 amide bonds. The van der Waals surface area contributed by atoms with Crippen LogP contribution in [-0.4, -0.2) is 23.1 Å². The van der Waals surface area contributed by atoms with Crippen molar-refractivity contribution in [3.63, 3.8) is 0 Å². The summed E-state index contributed by atoms with van der Waals surface area (Å²) >= 11 is 0. The highest BCUT2D eigenvalue weighted by atomic mass is 16.5. The number of hydrogen-bond donors (Lipinski definition) is 1. The summed E-state index contributed by atoms with van der Waals surface area (Å²) < 4.78 is 5.87. The topological polar surface area (TPSA) is 63.6 Å². The van der Waals surface area contributed by atoms with Crippen molar-refractivity contribution in [1.82, 2.24) is 0 Å². The molecule has 1 N–H and O–H groups in total. The van der Waals surface area contributed by atoms with Crippen molar-refractivity contribution in [1.29, 1.82) is 0 Å². The molecule has 4 saturated carbocycles. The van der Waals surface area contributed by atoms with E-state index in [1.807, 2.05) is 6.92 Å². The van der Waals surface area contributed by atoms with Crippen LogP contribution in [0.2, 0.25) is 0 Å². The number of carboxylic acid groups (broad SMARTS) is 1. The Hall–Kier alpha value is -1.32. The number of carbonyl (C=O) groups is 2. The van der Waals surface area contributed by atoms with E-state index in [9.17, 15) is 14.7 Å². The van der Waals surface area contributed by atoms with Crippen molar-refractivity contribution in [3.05, 3.63) is 12.2 Å². The number of hydrogen-bond acceptors (Lipinski definition) is 3. The van der Waals surface area contributed by atoms with Crippen molar-refractivity contribution >= 4 is 11.9 Å². The van der Waals surface area contributed by atoms with E-state index >= 15 is 0 Å². The lowest BCUT2D eigenvalue weighted by Crippen LogP contribution is -2.60. The molecule has 0 aromatic carbocycles. The highest BCUT2D eigenvalue weighted by Gasteiger charge is 2.68. The monoisotopic (exact) mass is 360 g/mol. The van der Waals surface area contributed by atoms with E-state index in [4.69, 9.17) is 4.74 Å². The second-order valence-corrected chi connectivity index (χ2v) is 10.0. The van der Waals surface area contributed by atoms with Crippen molar-refractivity contribution in [2.75, 3.05) is 0 Å². The van der Waals surface area contributed by atoms with Gasteiger partial charge in [0.05, 0.1) is 5.41 Å².